The van der Waals surface area contributed by atoms with Gasteiger partial charge in [0.2, 0.25) is 0 Å². The highest BCUT2D eigenvalue weighted by molar-refractivity contribution is 8.13. The fourth-order valence-corrected chi connectivity index (χ4v) is 7.02. The van der Waals surface area contributed by atoms with Gasteiger partial charge in [0, 0.05) is 23.1 Å². The first-order valence-corrected chi connectivity index (χ1v) is 20.6. The molecule has 16 heteroatoms. The summed E-state index contributed by atoms with van der Waals surface area (Å²) in [4.78, 5) is 8.47. The number of hydrogen-bond donors (Lipinski definition) is 2. The Balaban J connectivity index is 0.000000269. The Morgan fingerprint density at radius 2 is 0.846 bits per heavy atom. The van der Waals surface area contributed by atoms with Crippen LogP contribution in [0.15, 0.2) is 154 Å². The molecule has 0 aliphatic heterocycles. The van der Waals surface area contributed by atoms with E-state index in [2.05, 4.69) is 9.97 Å². The van der Waals surface area contributed by atoms with Gasteiger partial charge >= 0.3 is 0 Å². The minimum absolute atomic E-state index is 0.00574. The van der Waals surface area contributed by atoms with Crippen molar-refractivity contribution in [3.05, 3.63) is 151 Å². The Kier molecular flexibility index (Phi) is 15.6. The molecule has 3 aromatic carbocycles. The van der Waals surface area contributed by atoms with Crippen LogP contribution in [0.3, 0.4) is 0 Å². The van der Waals surface area contributed by atoms with Crippen molar-refractivity contribution in [2.24, 2.45) is 0 Å². The van der Waals surface area contributed by atoms with Gasteiger partial charge in [0.25, 0.3) is 29.3 Å². The van der Waals surface area contributed by atoms with Crippen molar-refractivity contribution < 1.29 is 43.8 Å². The van der Waals surface area contributed by atoms with Crippen LogP contribution in [0.25, 0.3) is 0 Å². The minimum Gasteiger partial charge on any atom is -0.395 e. The van der Waals surface area contributed by atoms with Gasteiger partial charge in [0.1, 0.15) is 0 Å². The van der Waals surface area contributed by atoms with Crippen molar-refractivity contribution in [2.45, 2.75) is 39.4 Å². The molecule has 0 aliphatic carbocycles. The fourth-order valence-electron chi connectivity index (χ4n) is 4.15. The van der Waals surface area contributed by atoms with E-state index in [1.807, 2.05) is 6.07 Å². The molecule has 2 N–H and O–H groups in total. The van der Waals surface area contributed by atoms with E-state index in [4.69, 9.17) is 29.3 Å². The number of pyridine rings is 2. The summed E-state index contributed by atoms with van der Waals surface area (Å²) < 4.78 is 81.8. The quantitative estimate of drug-likeness (QED) is 0.119. The molecule has 2 aromatic heterocycles. The van der Waals surface area contributed by atoms with Crippen LogP contribution < -0.4 is 0 Å². The first-order valence-electron chi connectivity index (χ1n) is 15.5. The molecule has 0 bridgehead atoms. The Morgan fingerprint density at radius 3 is 1.13 bits per heavy atom. The van der Waals surface area contributed by atoms with Crippen molar-refractivity contribution in [3.63, 3.8) is 0 Å². The standard InChI is InChI=1S/C21H21NO6S2.C9H13NO2.C6H5ClO2S/c1-21(20-14-8-9-15-22-20,16-27-29(23,24)18-10-4-2-5-11-18)17-28-30(25,26)19-12-6-3-7-13-19;1-9(6-11,7-12)8-4-2-3-5-10-8;7-10(8,9)6-4-2-1-3-5-6/h2-15H,16-17H2,1H3;2-5,11-12H,6-7H2,1H3;1-5H. The van der Waals surface area contributed by atoms with Gasteiger partial charge in [0.05, 0.1) is 63.3 Å². The molecule has 5 rings (SSSR count). The Morgan fingerprint density at radius 1 is 0.519 bits per heavy atom. The maximum atomic E-state index is 12.5. The summed E-state index contributed by atoms with van der Waals surface area (Å²) in [7, 11) is -6.58. The highest BCUT2D eigenvalue weighted by Gasteiger charge is 2.34. The zero-order chi connectivity index (χ0) is 38.3. The average Bonchev–Trinajstić information content (AvgIpc) is 3.18. The molecule has 5 aromatic rings. The third-order valence-electron chi connectivity index (χ3n) is 7.42. The predicted octanol–water partition coefficient (Wildman–Crippen LogP) is 5.09. The highest BCUT2D eigenvalue weighted by atomic mass is 35.7. The van der Waals surface area contributed by atoms with Gasteiger partial charge in [-0.25, -0.2) is 8.42 Å². The van der Waals surface area contributed by atoms with E-state index in [1.165, 1.54) is 42.6 Å². The molecule has 52 heavy (non-hydrogen) atoms. The third-order valence-corrected chi connectivity index (χ3v) is 11.3. The smallest absolute Gasteiger partial charge is 0.297 e. The van der Waals surface area contributed by atoms with E-state index >= 15 is 0 Å². The van der Waals surface area contributed by atoms with Crippen molar-refractivity contribution in [3.8, 4) is 0 Å². The number of hydrogen-bond acceptors (Lipinski definition) is 12. The zero-order valence-electron chi connectivity index (χ0n) is 28.3. The van der Waals surface area contributed by atoms with Crippen LogP contribution in [0.5, 0.6) is 0 Å². The van der Waals surface area contributed by atoms with Gasteiger partial charge < -0.3 is 10.2 Å². The predicted molar refractivity (Wildman–Crippen MR) is 196 cm³/mol. The van der Waals surface area contributed by atoms with Gasteiger partial charge in [-0.2, -0.15) is 16.8 Å². The lowest BCUT2D eigenvalue weighted by Gasteiger charge is -2.28. The summed E-state index contributed by atoms with van der Waals surface area (Å²) in [6, 6.07) is 33.8. The molecule has 0 spiro atoms. The number of nitrogens with zero attached hydrogens (tertiary/aromatic N) is 2. The number of rotatable bonds is 13. The minimum atomic E-state index is -4.04. The summed E-state index contributed by atoms with van der Waals surface area (Å²) in [5.41, 5.74) is -0.613. The second kappa shape index (κ2) is 19.1. The highest BCUT2D eigenvalue weighted by Crippen LogP contribution is 2.27. The monoisotopic (exact) mass is 790 g/mol. The summed E-state index contributed by atoms with van der Waals surface area (Å²) in [5, 5.41) is 18.1. The number of aliphatic hydroxyl groups is 2. The summed E-state index contributed by atoms with van der Waals surface area (Å²) >= 11 is 0. The molecule has 12 nitrogen and oxygen atoms in total. The molecular weight excluding hydrogens is 752 g/mol. The summed E-state index contributed by atoms with van der Waals surface area (Å²) in [6.45, 7) is 2.50. The van der Waals surface area contributed by atoms with Crippen molar-refractivity contribution in [2.75, 3.05) is 26.4 Å². The van der Waals surface area contributed by atoms with E-state index in [0.717, 1.165) is 5.69 Å². The number of halogens is 1. The van der Waals surface area contributed by atoms with E-state index < -0.39 is 40.1 Å². The van der Waals surface area contributed by atoms with Crippen molar-refractivity contribution in [1.82, 2.24) is 9.97 Å². The molecule has 278 valence electrons. The van der Waals surface area contributed by atoms with E-state index in [0.29, 0.717) is 5.69 Å². The van der Waals surface area contributed by atoms with Crippen molar-refractivity contribution in [1.29, 1.82) is 0 Å². The van der Waals surface area contributed by atoms with Crippen LogP contribution in [0, 0.1) is 0 Å². The summed E-state index contributed by atoms with van der Waals surface area (Å²) in [6.07, 6.45) is 3.18. The molecule has 0 saturated carbocycles. The third kappa shape index (κ3) is 12.6. The largest absolute Gasteiger partial charge is 0.395 e. The maximum Gasteiger partial charge on any atom is 0.297 e. The normalized spacial score (nSPS) is 12.1. The average molecular weight is 791 g/mol. The lowest BCUT2D eigenvalue weighted by molar-refractivity contribution is 0.126. The van der Waals surface area contributed by atoms with Crippen LogP contribution in [0.2, 0.25) is 0 Å². The van der Waals surface area contributed by atoms with Gasteiger partial charge in [-0.3, -0.25) is 18.3 Å². The molecule has 0 atom stereocenters. The molecule has 0 unspecified atom stereocenters. The SMILES string of the molecule is CC(CO)(CO)c1ccccn1.CC(COS(=O)(=O)c1ccccc1)(COS(=O)(=O)c1ccccc1)c1ccccn1.O=S(=O)(Cl)c1ccccc1. The van der Waals surface area contributed by atoms with Crippen LogP contribution in [0.1, 0.15) is 25.2 Å². The Hall–Kier alpha value is -4.06. The molecule has 0 fully saturated rings. The van der Waals surface area contributed by atoms with Gasteiger partial charge in [0.15, 0.2) is 0 Å². The molecule has 0 radical (unpaired) electrons. The van der Waals surface area contributed by atoms with Crippen LogP contribution in [0.4, 0.5) is 0 Å². The lowest BCUT2D eigenvalue weighted by atomic mass is 9.88. The number of benzene rings is 3. The number of aromatic nitrogens is 2. The van der Waals surface area contributed by atoms with Crippen LogP contribution in [-0.2, 0) is 48.5 Å². The fraction of sp³-hybridized carbons (Fsp3) is 0.222. The van der Waals surface area contributed by atoms with Gasteiger partial charge in [-0.05, 0) is 74.5 Å². The van der Waals surface area contributed by atoms with Gasteiger partial charge in [-0.15, -0.1) is 0 Å². The topological polar surface area (TPSA) is 187 Å². The molecule has 0 saturated heterocycles. The Bertz CT molecular complexity index is 2050. The van der Waals surface area contributed by atoms with E-state index in [-0.39, 0.29) is 41.1 Å². The van der Waals surface area contributed by atoms with E-state index in [9.17, 15) is 25.3 Å². The van der Waals surface area contributed by atoms with E-state index in [1.54, 1.807) is 105 Å². The second-order valence-electron chi connectivity index (χ2n) is 11.7. The number of aliphatic hydroxyl groups excluding tert-OH is 2. The molecule has 2 heterocycles. The van der Waals surface area contributed by atoms with Crippen LogP contribution in [-0.4, -0.2) is 71.9 Å². The van der Waals surface area contributed by atoms with Crippen LogP contribution >= 0.6 is 10.7 Å². The second-order valence-corrected chi connectivity index (χ2v) is 17.5. The lowest BCUT2D eigenvalue weighted by Crippen LogP contribution is -2.36. The van der Waals surface area contributed by atoms with Gasteiger partial charge in [-0.1, -0.05) is 66.7 Å². The molecular formula is C36H39ClN2O10S3. The summed E-state index contributed by atoms with van der Waals surface area (Å²) in [5.74, 6) is 0. The molecule has 0 amide bonds. The molecule has 0 aliphatic rings. The maximum absolute atomic E-state index is 12.5. The Labute approximate surface area is 309 Å². The first kappa shape index (κ1) is 42.4. The first-order chi connectivity index (χ1) is 24.6. The van der Waals surface area contributed by atoms with Crippen molar-refractivity contribution >= 4 is 40.0 Å². The zero-order valence-corrected chi connectivity index (χ0v) is 31.5.